The average molecular weight is 418 g/mol. The van der Waals surface area contributed by atoms with Crippen molar-refractivity contribution in [3.05, 3.63) is 65.9 Å². The van der Waals surface area contributed by atoms with Gasteiger partial charge in [-0.3, -0.25) is 9.48 Å². The Morgan fingerprint density at radius 2 is 1.90 bits per heavy atom. The third-order valence-corrected chi connectivity index (χ3v) is 4.38. The summed E-state index contributed by atoms with van der Waals surface area (Å²) in [5, 5.41) is 6.92. The monoisotopic (exact) mass is 418 g/mol. The quantitative estimate of drug-likeness (QED) is 0.614. The van der Waals surface area contributed by atoms with Crippen molar-refractivity contribution < 1.29 is 22.7 Å². The summed E-state index contributed by atoms with van der Waals surface area (Å²) in [6, 6.07) is 11.5. The molecular weight excluding hydrogens is 397 g/mol. The molecule has 9 heteroatoms. The lowest BCUT2D eigenvalue weighted by atomic mass is 10.1. The Labute approximate surface area is 171 Å². The molecule has 158 valence electrons. The van der Waals surface area contributed by atoms with Gasteiger partial charge in [0.05, 0.1) is 17.7 Å². The number of nitrogens with zero attached hydrogens (tertiary/aromatic N) is 2. The van der Waals surface area contributed by atoms with Gasteiger partial charge in [0.2, 0.25) is 5.91 Å². The Hall–Kier alpha value is -3.33. The second-order valence-electron chi connectivity index (χ2n) is 6.61. The van der Waals surface area contributed by atoms with E-state index in [2.05, 4.69) is 10.4 Å². The highest BCUT2D eigenvalue weighted by molar-refractivity contribution is 5.93. The minimum absolute atomic E-state index is 0.0510. The number of halogens is 3. The molecule has 1 amide bonds. The summed E-state index contributed by atoms with van der Waals surface area (Å²) in [6.07, 6.45) is -2.81. The van der Waals surface area contributed by atoms with Crippen molar-refractivity contribution in [2.24, 2.45) is 12.8 Å². The van der Waals surface area contributed by atoms with Crippen LogP contribution < -0.4 is 15.8 Å². The zero-order valence-electron chi connectivity index (χ0n) is 16.2. The van der Waals surface area contributed by atoms with E-state index >= 15 is 0 Å². The Kier molecular flexibility index (Phi) is 6.41. The van der Waals surface area contributed by atoms with Gasteiger partial charge >= 0.3 is 6.18 Å². The standard InChI is InChI=1S/C21H21F3N4O2/c1-28-18(8-10-26-28)17-13-16(6-7-19(17)30-11-9-25)27-20(29)12-14-2-4-15(5-3-14)21(22,23)24/h2-8,10,13H,9,11-12,25H2,1H3,(H,27,29). The maximum atomic E-state index is 12.7. The number of benzene rings is 2. The molecule has 6 nitrogen and oxygen atoms in total. The second kappa shape index (κ2) is 9.00. The van der Waals surface area contributed by atoms with Crippen molar-refractivity contribution in [1.82, 2.24) is 9.78 Å². The number of nitrogens with one attached hydrogen (secondary N) is 1. The highest BCUT2D eigenvalue weighted by Crippen LogP contribution is 2.33. The number of anilines is 1. The molecule has 0 aliphatic rings. The fraction of sp³-hybridized carbons (Fsp3) is 0.238. The molecule has 0 fully saturated rings. The zero-order chi connectivity index (χ0) is 21.7. The molecule has 3 rings (SSSR count). The Bertz CT molecular complexity index is 1010. The lowest BCUT2D eigenvalue weighted by molar-refractivity contribution is -0.137. The minimum Gasteiger partial charge on any atom is -0.492 e. The molecule has 1 aromatic heterocycles. The van der Waals surface area contributed by atoms with Crippen LogP contribution in [0.2, 0.25) is 0 Å². The van der Waals surface area contributed by atoms with E-state index in [4.69, 9.17) is 10.5 Å². The summed E-state index contributed by atoms with van der Waals surface area (Å²) in [6.45, 7) is 0.695. The number of carbonyl (C=O) groups excluding carboxylic acids is 1. The van der Waals surface area contributed by atoms with Crippen LogP contribution in [0.4, 0.5) is 18.9 Å². The van der Waals surface area contributed by atoms with Gasteiger partial charge in [-0.15, -0.1) is 0 Å². The summed E-state index contributed by atoms with van der Waals surface area (Å²) in [4.78, 5) is 12.4. The zero-order valence-corrected chi connectivity index (χ0v) is 16.2. The van der Waals surface area contributed by atoms with Gasteiger partial charge in [0.15, 0.2) is 0 Å². The van der Waals surface area contributed by atoms with Crippen LogP contribution in [0.5, 0.6) is 5.75 Å². The lowest BCUT2D eigenvalue weighted by Crippen LogP contribution is -2.15. The molecule has 0 aliphatic carbocycles. The van der Waals surface area contributed by atoms with Gasteiger partial charge < -0.3 is 15.8 Å². The number of carbonyl (C=O) groups is 1. The third-order valence-electron chi connectivity index (χ3n) is 4.38. The summed E-state index contributed by atoms with van der Waals surface area (Å²) >= 11 is 0. The fourth-order valence-electron chi connectivity index (χ4n) is 2.94. The van der Waals surface area contributed by atoms with E-state index in [0.717, 1.165) is 23.4 Å². The van der Waals surface area contributed by atoms with Gasteiger partial charge in [0, 0.05) is 31.0 Å². The number of rotatable bonds is 7. The summed E-state index contributed by atoms with van der Waals surface area (Å²) in [5.74, 6) is 0.256. The molecule has 2 aromatic carbocycles. The van der Waals surface area contributed by atoms with Crippen LogP contribution >= 0.6 is 0 Å². The number of ether oxygens (including phenoxy) is 1. The van der Waals surface area contributed by atoms with Gasteiger partial charge in [-0.1, -0.05) is 12.1 Å². The maximum absolute atomic E-state index is 12.7. The molecule has 3 N–H and O–H groups in total. The van der Waals surface area contributed by atoms with E-state index in [9.17, 15) is 18.0 Å². The molecule has 0 radical (unpaired) electrons. The number of alkyl halides is 3. The predicted molar refractivity (Wildman–Crippen MR) is 107 cm³/mol. The van der Waals surface area contributed by atoms with E-state index in [-0.39, 0.29) is 12.3 Å². The van der Waals surface area contributed by atoms with Crippen LogP contribution in [-0.2, 0) is 24.4 Å². The van der Waals surface area contributed by atoms with Crippen molar-refractivity contribution in [2.75, 3.05) is 18.5 Å². The summed E-state index contributed by atoms with van der Waals surface area (Å²) in [5.41, 5.74) is 7.30. The lowest BCUT2D eigenvalue weighted by Gasteiger charge is -2.14. The Balaban J connectivity index is 1.76. The van der Waals surface area contributed by atoms with Crippen molar-refractivity contribution in [3.8, 4) is 17.0 Å². The van der Waals surface area contributed by atoms with Crippen LogP contribution in [0.1, 0.15) is 11.1 Å². The first-order valence-corrected chi connectivity index (χ1v) is 9.19. The molecule has 1 heterocycles. The van der Waals surface area contributed by atoms with E-state index < -0.39 is 11.7 Å². The second-order valence-corrected chi connectivity index (χ2v) is 6.61. The normalized spacial score (nSPS) is 11.4. The van der Waals surface area contributed by atoms with Crippen molar-refractivity contribution in [1.29, 1.82) is 0 Å². The Morgan fingerprint density at radius 3 is 2.50 bits per heavy atom. The van der Waals surface area contributed by atoms with E-state index in [1.165, 1.54) is 12.1 Å². The molecule has 0 bridgehead atoms. The fourth-order valence-corrected chi connectivity index (χ4v) is 2.94. The van der Waals surface area contributed by atoms with Crippen molar-refractivity contribution in [3.63, 3.8) is 0 Å². The van der Waals surface area contributed by atoms with E-state index in [1.54, 1.807) is 36.1 Å². The van der Waals surface area contributed by atoms with Gasteiger partial charge in [0.25, 0.3) is 0 Å². The van der Waals surface area contributed by atoms with Crippen LogP contribution in [0.25, 0.3) is 11.3 Å². The first-order valence-electron chi connectivity index (χ1n) is 9.19. The predicted octanol–water partition coefficient (Wildman–Crippen LogP) is 3.62. The van der Waals surface area contributed by atoms with Crippen LogP contribution in [0.15, 0.2) is 54.7 Å². The van der Waals surface area contributed by atoms with Crippen LogP contribution in [-0.4, -0.2) is 28.8 Å². The third kappa shape index (κ3) is 5.18. The molecule has 30 heavy (non-hydrogen) atoms. The van der Waals surface area contributed by atoms with E-state index in [1.807, 2.05) is 6.07 Å². The first-order chi connectivity index (χ1) is 14.3. The van der Waals surface area contributed by atoms with Gasteiger partial charge in [-0.2, -0.15) is 18.3 Å². The van der Waals surface area contributed by atoms with Crippen LogP contribution in [0, 0.1) is 0 Å². The van der Waals surface area contributed by atoms with Crippen molar-refractivity contribution in [2.45, 2.75) is 12.6 Å². The number of amides is 1. The number of nitrogens with two attached hydrogens (primary N) is 1. The highest BCUT2D eigenvalue weighted by Gasteiger charge is 2.30. The smallest absolute Gasteiger partial charge is 0.416 e. The van der Waals surface area contributed by atoms with E-state index in [0.29, 0.717) is 30.2 Å². The first kappa shape index (κ1) is 21.4. The molecule has 0 atom stereocenters. The maximum Gasteiger partial charge on any atom is 0.416 e. The van der Waals surface area contributed by atoms with Gasteiger partial charge in [0.1, 0.15) is 12.4 Å². The number of hydrogen-bond acceptors (Lipinski definition) is 4. The van der Waals surface area contributed by atoms with Crippen LogP contribution in [0.3, 0.4) is 0 Å². The molecule has 0 saturated carbocycles. The molecular formula is C21H21F3N4O2. The number of hydrogen-bond donors (Lipinski definition) is 2. The highest BCUT2D eigenvalue weighted by atomic mass is 19.4. The SMILES string of the molecule is Cn1nccc1-c1cc(NC(=O)Cc2ccc(C(F)(F)F)cc2)ccc1OCCN. The van der Waals surface area contributed by atoms with Gasteiger partial charge in [-0.05, 0) is 42.0 Å². The van der Waals surface area contributed by atoms with Crippen molar-refractivity contribution >= 4 is 11.6 Å². The molecule has 0 aliphatic heterocycles. The average Bonchev–Trinajstić information content (AvgIpc) is 3.12. The minimum atomic E-state index is -4.41. The summed E-state index contributed by atoms with van der Waals surface area (Å²) < 4.78 is 45.3. The summed E-state index contributed by atoms with van der Waals surface area (Å²) in [7, 11) is 1.79. The molecule has 0 unspecified atom stereocenters. The molecule has 0 saturated heterocycles. The Morgan fingerprint density at radius 1 is 1.17 bits per heavy atom. The number of aromatic nitrogens is 2. The van der Waals surface area contributed by atoms with Gasteiger partial charge in [-0.25, -0.2) is 0 Å². The molecule has 3 aromatic rings. The molecule has 0 spiro atoms. The number of aryl methyl sites for hydroxylation is 1. The topological polar surface area (TPSA) is 82.2 Å². The largest absolute Gasteiger partial charge is 0.492 e.